The first-order valence-electron chi connectivity index (χ1n) is 5.09. The summed E-state index contributed by atoms with van der Waals surface area (Å²) in [4.78, 5) is 13.8. The van der Waals surface area contributed by atoms with Crippen LogP contribution in [0, 0.1) is 6.92 Å². The molecular formula is C10H18N4O. The van der Waals surface area contributed by atoms with E-state index >= 15 is 0 Å². The Balaban J connectivity index is 2.86. The maximum Gasteiger partial charge on any atom is 0.257 e. The summed E-state index contributed by atoms with van der Waals surface area (Å²) >= 11 is 0. The van der Waals surface area contributed by atoms with Crippen molar-refractivity contribution in [2.24, 2.45) is 5.73 Å². The molecular weight excluding hydrogens is 192 g/mol. The Morgan fingerprint density at radius 3 is 2.73 bits per heavy atom. The van der Waals surface area contributed by atoms with Gasteiger partial charge in [-0.15, -0.1) is 0 Å². The van der Waals surface area contributed by atoms with Crippen molar-refractivity contribution in [3.05, 3.63) is 17.5 Å². The van der Waals surface area contributed by atoms with Crippen molar-refractivity contribution in [2.75, 3.05) is 13.1 Å². The van der Waals surface area contributed by atoms with E-state index in [1.54, 1.807) is 11.1 Å². The molecule has 0 atom stereocenters. The van der Waals surface area contributed by atoms with Gasteiger partial charge in [0.15, 0.2) is 0 Å². The van der Waals surface area contributed by atoms with Crippen molar-refractivity contribution in [1.82, 2.24) is 15.1 Å². The lowest BCUT2D eigenvalue weighted by molar-refractivity contribution is 0.0711. The standard InChI is InChI=1S/C10H18N4O/c1-7(2)14(5-4-11)10(15)9-6-12-13-8(9)3/h6-7H,4-5,11H2,1-3H3,(H,12,13). The van der Waals surface area contributed by atoms with Crippen molar-refractivity contribution < 1.29 is 4.79 Å². The molecule has 0 bridgehead atoms. The molecule has 0 aromatic carbocycles. The fraction of sp³-hybridized carbons (Fsp3) is 0.600. The van der Waals surface area contributed by atoms with Crippen LogP contribution in [0.5, 0.6) is 0 Å². The molecule has 1 aromatic heterocycles. The second kappa shape index (κ2) is 4.93. The van der Waals surface area contributed by atoms with Crippen LogP contribution in [-0.2, 0) is 0 Å². The Kier molecular flexibility index (Phi) is 3.85. The van der Waals surface area contributed by atoms with Gasteiger partial charge in [0.05, 0.1) is 11.8 Å². The Morgan fingerprint density at radius 2 is 2.33 bits per heavy atom. The van der Waals surface area contributed by atoms with E-state index in [1.807, 2.05) is 20.8 Å². The van der Waals surface area contributed by atoms with Gasteiger partial charge in [-0.2, -0.15) is 5.10 Å². The summed E-state index contributed by atoms with van der Waals surface area (Å²) in [5.41, 5.74) is 6.90. The molecule has 1 heterocycles. The zero-order chi connectivity index (χ0) is 11.4. The Morgan fingerprint density at radius 1 is 1.67 bits per heavy atom. The fourth-order valence-corrected chi connectivity index (χ4v) is 1.45. The fourth-order valence-electron chi connectivity index (χ4n) is 1.45. The maximum absolute atomic E-state index is 12.1. The third kappa shape index (κ3) is 2.56. The minimum atomic E-state index is -0.0123. The molecule has 3 N–H and O–H groups in total. The zero-order valence-corrected chi connectivity index (χ0v) is 9.45. The lowest BCUT2D eigenvalue weighted by atomic mass is 10.2. The Labute approximate surface area is 89.6 Å². The number of aryl methyl sites for hydroxylation is 1. The molecule has 5 nitrogen and oxygen atoms in total. The van der Waals surface area contributed by atoms with Gasteiger partial charge < -0.3 is 10.6 Å². The van der Waals surface area contributed by atoms with Crippen LogP contribution in [0.4, 0.5) is 0 Å². The van der Waals surface area contributed by atoms with Crippen molar-refractivity contribution in [1.29, 1.82) is 0 Å². The van der Waals surface area contributed by atoms with Crippen LogP contribution in [0.25, 0.3) is 0 Å². The number of aromatic nitrogens is 2. The summed E-state index contributed by atoms with van der Waals surface area (Å²) in [5.74, 6) is -0.0123. The highest BCUT2D eigenvalue weighted by atomic mass is 16.2. The van der Waals surface area contributed by atoms with E-state index in [-0.39, 0.29) is 11.9 Å². The van der Waals surface area contributed by atoms with Crippen LogP contribution >= 0.6 is 0 Å². The van der Waals surface area contributed by atoms with Gasteiger partial charge in [-0.05, 0) is 20.8 Å². The van der Waals surface area contributed by atoms with Gasteiger partial charge in [0.1, 0.15) is 0 Å². The van der Waals surface area contributed by atoms with E-state index in [4.69, 9.17) is 5.73 Å². The number of hydrogen-bond acceptors (Lipinski definition) is 3. The third-order valence-corrected chi connectivity index (χ3v) is 2.31. The van der Waals surface area contributed by atoms with Crippen molar-refractivity contribution in [2.45, 2.75) is 26.8 Å². The Bertz CT molecular complexity index is 332. The predicted octanol–water partition coefficient (Wildman–Crippen LogP) is 0.527. The van der Waals surface area contributed by atoms with E-state index in [0.29, 0.717) is 18.7 Å². The monoisotopic (exact) mass is 210 g/mol. The van der Waals surface area contributed by atoms with E-state index in [9.17, 15) is 4.79 Å². The summed E-state index contributed by atoms with van der Waals surface area (Å²) in [6, 6.07) is 0.148. The first-order valence-corrected chi connectivity index (χ1v) is 5.09. The lowest BCUT2D eigenvalue weighted by Gasteiger charge is -2.25. The number of carbonyl (C=O) groups excluding carboxylic acids is 1. The second-order valence-electron chi connectivity index (χ2n) is 3.79. The number of carbonyl (C=O) groups is 1. The van der Waals surface area contributed by atoms with Gasteiger partial charge in [-0.3, -0.25) is 9.89 Å². The number of nitrogens with one attached hydrogen (secondary N) is 1. The van der Waals surface area contributed by atoms with Crippen molar-refractivity contribution in [3.8, 4) is 0 Å². The summed E-state index contributed by atoms with van der Waals surface area (Å²) in [6.07, 6.45) is 1.56. The molecule has 0 saturated heterocycles. The second-order valence-corrected chi connectivity index (χ2v) is 3.79. The van der Waals surface area contributed by atoms with Gasteiger partial charge in [0.25, 0.3) is 5.91 Å². The number of rotatable bonds is 4. The van der Waals surface area contributed by atoms with Gasteiger partial charge >= 0.3 is 0 Å². The van der Waals surface area contributed by atoms with Crippen molar-refractivity contribution in [3.63, 3.8) is 0 Å². The minimum absolute atomic E-state index is 0.0123. The molecule has 0 fully saturated rings. The molecule has 0 unspecified atom stereocenters. The van der Waals surface area contributed by atoms with Gasteiger partial charge in [0, 0.05) is 24.8 Å². The van der Waals surface area contributed by atoms with Crippen LogP contribution in [0.2, 0.25) is 0 Å². The van der Waals surface area contributed by atoms with Gasteiger partial charge in [0.2, 0.25) is 0 Å². The first kappa shape index (κ1) is 11.7. The Hall–Kier alpha value is -1.36. The van der Waals surface area contributed by atoms with Crippen LogP contribution < -0.4 is 5.73 Å². The molecule has 1 rings (SSSR count). The molecule has 0 radical (unpaired) electrons. The molecule has 0 spiro atoms. The quantitative estimate of drug-likeness (QED) is 0.761. The number of nitrogens with zero attached hydrogens (tertiary/aromatic N) is 2. The van der Waals surface area contributed by atoms with E-state index < -0.39 is 0 Å². The van der Waals surface area contributed by atoms with E-state index in [0.717, 1.165) is 5.69 Å². The number of H-pyrrole nitrogens is 1. The molecule has 1 aromatic rings. The SMILES string of the molecule is Cc1[nH]ncc1C(=O)N(CCN)C(C)C. The molecule has 15 heavy (non-hydrogen) atoms. The smallest absolute Gasteiger partial charge is 0.257 e. The zero-order valence-electron chi connectivity index (χ0n) is 9.45. The number of hydrogen-bond donors (Lipinski definition) is 2. The van der Waals surface area contributed by atoms with Crippen LogP contribution in [0.3, 0.4) is 0 Å². The van der Waals surface area contributed by atoms with Gasteiger partial charge in [-0.1, -0.05) is 0 Å². The summed E-state index contributed by atoms with van der Waals surface area (Å²) in [6.45, 7) is 6.83. The number of nitrogens with two attached hydrogens (primary N) is 1. The minimum Gasteiger partial charge on any atom is -0.335 e. The highest BCUT2D eigenvalue weighted by Crippen LogP contribution is 2.09. The van der Waals surface area contributed by atoms with Crippen LogP contribution in [-0.4, -0.2) is 40.1 Å². The van der Waals surface area contributed by atoms with E-state index in [2.05, 4.69) is 10.2 Å². The molecule has 0 aliphatic carbocycles. The highest BCUT2D eigenvalue weighted by molar-refractivity contribution is 5.95. The average molecular weight is 210 g/mol. The molecule has 0 aliphatic rings. The molecule has 84 valence electrons. The molecule has 1 amide bonds. The summed E-state index contributed by atoms with van der Waals surface area (Å²) in [5, 5.41) is 6.60. The predicted molar refractivity (Wildman–Crippen MR) is 58.6 cm³/mol. The summed E-state index contributed by atoms with van der Waals surface area (Å²) < 4.78 is 0. The largest absolute Gasteiger partial charge is 0.335 e. The maximum atomic E-state index is 12.1. The van der Waals surface area contributed by atoms with Gasteiger partial charge in [-0.25, -0.2) is 0 Å². The average Bonchev–Trinajstić information content (AvgIpc) is 2.59. The normalized spacial score (nSPS) is 10.7. The van der Waals surface area contributed by atoms with Crippen LogP contribution in [0.15, 0.2) is 6.20 Å². The van der Waals surface area contributed by atoms with Crippen molar-refractivity contribution >= 4 is 5.91 Å². The lowest BCUT2D eigenvalue weighted by Crippen LogP contribution is -2.40. The summed E-state index contributed by atoms with van der Waals surface area (Å²) in [7, 11) is 0. The third-order valence-electron chi connectivity index (χ3n) is 2.31. The first-order chi connectivity index (χ1) is 7.07. The van der Waals surface area contributed by atoms with Crippen LogP contribution in [0.1, 0.15) is 29.9 Å². The molecule has 5 heteroatoms. The topological polar surface area (TPSA) is 75.0 Å². The highest BCUT2D eigenvalue weighted by Gasteiger charge is 2.20. The van der Waals surface area contributed by atoms with E-state index in [1.165, 1.54) is 0 Å². The number of aromatic amines is 1. The number of amides is 1. The molecule has 0 saturated carbocycles. The molecule has 0 aliphatic heterocycles.